The van der Waals surface area contributed by atoms with E-state index in [0.29, 0.717) is 23.2 Å². The van der Waals surface area contributed by atoms with Gasteiger partial charge >= 0.3 is 0 Å². The van der Waals surface area contributed by atoms with Crippen molar-refractivity contribution in [3.63, 3.8) is 0 Å². The minimum Gasteiger partial charge on any atom is -0.393 e. The first-order valence-corrected chi connectivity index (χ1v) is 12.2. The van der Waals surface area contributed by atoms with E-state index in [1.165, 1.54) is 44.9 Å². The molecule has 0 aromatic carbocycles. The number of carbonyl (C=O) groups is 1. The highest BCUT2D eigenvalue weighted by Crippen LogP contribution is 2.68. The number of carbonyl (C=O) groups excluding carboxylic acids is 1. The Balaban J connectivity index is 1.48. The lowest BCUT2D eigenvalue weighted by atomic mass is 9.44. The van der Waals surface area contributed by atoms with Crippen molar-refractivity contribution >= 4 is 5.91 Å². The lowest BCUT2D eigenvalue weighted by molar-refractivity contribution is -0.129. The van der Waals surface area contributed by atoms with Crippen LogP contribution in [-0.4, -0.2) is 24.2 Å². The van der Waals surface area contributed by atoms with Crippen LogP contribution < -0.4 is 5.32 Å². The third-order valence-electron chi connectivity index (χ3n) is 10.5. The number of aliphatic hydroxyl groups excluding tert-OH is 1. The molecule has 28 heavy (non-hydrogen) atoms. The van der Waals surface area contributed by atoms with Crippen molar-refractivity contribution in [2.75, 3.05) is 7.05 Å². The monoisotopic (exact) mass is 389 g/mol. The van der Waals surface area contributed by atoms with Crippen molar-refractivity contribution < 1.29 is 9.90 Å². The molecule has 0 spiro atoms. The molecule has 9 atom stereocenters. The van der Waals surface area contributed by atoms with Crippen LogP contribution in [0.15, 0.2) is 0 Å². The maximum atomic E-state index is 11.7. The molecule has 4 aliphatic carbocycles. The highest BCUT2D eigenvalue weighted by molar-refractivity contribution is 5.75. The quantitative estimate of drug-likeness (QED) is 0.697. The molecule has 4 fully saturated rings. The van der Waals surface area contributed by atoms with Crippen LogP contribution in [0.2, 0.25) is 0 Å². The maximum absolute atomic E-state index is 11.7. The molecule has 0 heterocycles. The highest BCUT2D eigenvalue weighted by Gasteiger charge is 2.60. The number of nitrogens with one attached hydrogen (secondary N) is 1. The van der Waals surface area contributed by atoms with Gasteiger partial charge in [0, 0.05) is 13.5 Å². The molecule has 4 aliphatic rings. The smallest absolute Gasteiger partial charge is 0.219 e. The Labute approximate surface area is 172 Å². The predicted molar refractivity (Wildman–Crippen MR) is 114 cm³/mol. The average molecular weight is 390 g/mol. The van der Waals surface area contributed by atoms with Gasteiger partial charge < -0.3 is 10.4 Å². The molecule has 3 heteroatoms. The molecule has 4 rings (SSSR count). The Morgan fingerprint density at radius 1 is 1.04 bits per heavy atom. The fourth-order valence-corrected chi connectivity index (χ4v) is 8.90. The molecule has 0 aliphatic heterocycles. The molecule has 1 amide bonds. The number of hydrogen-bond acceptors (Lipinski definition) is 2. The van der Waals surface area contributed by atoms with Gasteiger partial charge in [-0.25, -0.2) is 0 Å². The van der Waals surface area contributed by atoms with Crippen molar-refractivity contribution in [3.8, 4) is 0 Å². The van der Waals surface area contributed by atoms with Crippen LogP contribution in [0.5, 0.6) is 0 Å². The topological polar surface area (TPSA) is 49.3 Å². The Morgan fingerprint density at radius 3 is 2.50 bits per heavy atom. The van der Waals surface area contributed by atoms with E-state index < -0.39 is 0 Å². The van der Waals surface area contributed by atoms with Gasteiger partial charge in [-0.2, -0.15) is 0 Å². The summed E-state index contributed by atoms with van der Waals surface area (Å²) in [4.78, 5) is 11.7. The summed E-state index contributed by atoms with van der Waals surface area (Å²) >= 11 is 0. The van der Waals surface area contributed by atoms with Gasteiger partial charge in [-0.15, -0.1) is 0 Å². The van der Waals surface area contributed by atoms with Crippen LogP contribution in [0.3, 0.4) is 0 Å². The van der Waals surface area contributed by atoms with Crippen LogP contribution >= 0.6 is 0 Å². The summed E-state index contributed by atoms with van der Waals surface area (Å²) in [5.41, 5.74) is 0.965. The van der Waals surface area contributed by atoms with Gasteiger partial charge in [0.15, 0.2) is 0 Å². The molecule has 3 nitrogen and oxygen atoms in total. The van der Waals surface area contributed by atoms with Crippen molar-refractivity contribution in [2.45, 2.75) is 97.5 Å². The van der Waals surface area contributed by atoms with E-state index in [1.54, 1.807) is 7.05 Å². The first-order valence-electron chi connectivity index (χ1n) is 12.2. The third-order valence-corrected chi connectivity index (χ3v) is 10.5. The summed E-state index contributed by atoms with van der Waals surface area (Å²) < 4.78 is 0. The fourth-order valence-electron chi connectivity index (χ4n) is 8.90. The van der Waals surface area contributed by atoms with Crippen LogP contribution in [0.4, 0.5) is 0 Å². The molecular weight excluding hydrogens is 346 g/mol. The van der Waals surface area contributed by atoms with E-state index in [2.05, 4.69) is 26.1 Å². The minimum absolute atomic E-state index is 0.0412. The maximum Gasteiger partial charge on any atom is 0.219 e. The Bertz CT molecular complexity index is 591. The zero-order valence-corrected chi connectivity index (χ0v) is 18.7. The number of amides is 1. The summed E-state index contributed by atoms with van der Waals surface area (Å²) in [6.45, 7) is 7.61. The van der Waals surface area contributed by atoms with Gasteiger partial charge in [0.25, 0.3) is 0 Å². The summed E-state index contributed by atoms with van der Waals surface area (Å²) in [6, 6.07) is 0. The fraction of sp³-hybridized carbons (Fsp3) is 0.960. The second-order valence-electron chi connectivity index (χ2n) is 11.5. The van der Waals surface area contributed by atoms with Gasteiger partial charge in [0.05, 0.1) is 6.10 Å². The number of aliphatic hydroxyl groups is 1. The molecule has 0 aromatic heterocycles. The zero-order valence-electron chi connectivity index (χ0n) is 18.7. The van der Waals surface area contributed by atoms with E-state index in [4.69, 9.17) is 0 Å². The van der Waals surface area contributed by atoms with Crippen molar-refractivity contribution in [1.82, 2.24) is 5.32 Å². The lowest BCUT2D eigenvalue weighted by Crippen LogP contribution is -2.54. The Morgan fingerprint density at radius 2 is 1.75 bits per heavy atom. The SMILES string of the molecule is CNC(=O)CC[C@@H](C)[C@H]1CC[C@H]2[C@@H]3CCC4C[C@H](O)CC[C@]4(C)[C@H]3CC[C@]12C. The van der Waals surface area contributed by atoms with Crippen molar-refractivity contribution in [2.24, 2.45) is 46.3 Å². The predicted octanol–water partition coefficient (Wildman–Crippen LogP) is 5.17. The van der Waals surface area contributed by atoms with E-state index in [-0.39, 0.29) is 12.0 Å². The highest BCUT2D eigenvalue weighted by atomic mass is 16.3. The second kappa shape index (κ2) is 7.60. The molecule has 1 unspecified atom stereocenters. The number of hydrogen-bond donors (Lipinski definition) is 2. The summed E-state index contributed by atoms with van der Waals surface area (Å²) in [5.74, 6) is 5.08. The van der Waals surface area contributed by atoms with E-state index in [0.717, 1.165) is 48.9 Å². The largest absolute Gasteiger partial charge is 0.393 e. The second-order valence-corrected chi connectivity index (χ2v) is 11.5. The van der Waals surface area contributed by atoms with E-state index >= 15 is 0 Å². The standard InChI is InChI=1S/C25H43NO2/c1-16(5-10-23(28)26-4)20-8-9-21-19-7-6-17-15-18(27)11-13-24(17,2)22(19)12-14-25(20,21)3/h16-22,27H,5-15H2,1-4H3,(H,26,28)/t16-,17?,18-,19+,20-,21+,22+,24+,25-/m1/s1. The lowest BCUT2D eigenvalue weighted by Gasteiger charge is -2.61. The Kier molecular flexibility index (Phi) is 5.61. The molecule has 0 radical (unpaired) electrons. The first kappa shape index (κ1) is 20.7. The van der Waals surface area contributed by atoms with Crippen LogP contribution in [0.1, 0.15) is 91.4 Å². The summed E-state index contributed by atoms with van der Waals surface area (Å²) in [5, 5.41) is 13.0. The summed E-state index contributed by atoms with van der Waals surface area (Å²) in [7, 11) is 1.75. The van der Waals surface area contributed by atoms with E-state index in [9.17, 15) is 9.90 Å². The molecule has 0 bridgehead atoms. The van der Waals surface area contributed by atoms with Crippen LogP contribution in [0, 0.1) is 46.3 Å². The molecular formula is C25H43NO2. The van der Waals surface area contributed by atoms with Gasteiger partial charge in [-0.05, 0) is 111 Å². The Hall–Kier alpha value is -0.570. The molecule has 160 valence electrons. The number of rotatable bonds is 4. The normalized spacial score (nSPS) is 48.9. The molecule has 0 saturated heterocycles. The molecule has 4 saturated carbocycles. The van der Waals surface area contributed by atoms with Crippen LogP contribution in [-0.2, 0) is 4.79 Å². The van der Waals surface area contributed by atoms with Crippen molar-refractivity contribution in [3.05, 3.63) is 0 Å². The third kappa shape index (κ3) is 3.24. The van der Waals surface area contributed by atoms with Crippen molar-refractivity contribution in [1.29, 1.82) is 0 Å². The summed E-state index contributed by atoms with van der Waals surface area (Å²) in [6.07, 6.45) is 13.3. The minimum atomic E-state index is -0.0412. The van der Waals surface area contributed by atoms with E-state index in [1.807, 2.05) is 0 Å². The van der Waals surface area contributed by atoms with Crippen LogP contribution in [0.25, 0.3) is 0 Å². The van der Waals surface area contributed by atoms with Gasteiger partial charge in [-0.1, -0.05) is 20.8 Å². The number of fused-ring (bicyclic) bond motifs is 5. The average Bonchev–Trinajstić information content (AvgIpc) is 3.03. The van der Waals surface area contributed by atoms with Gasteiger partial charge in [0.2, 0.25) is 5.91 Å². The van der Waals surface area contributed by atoms with Gasteiger partial charge in [0.1, 0.15) is 0 Å². The zero-order chi connectivity index (χ0) is 20.1. The van der Waals surface area contributed by atoms with Gasteiger partial charge in [-0.3, -0.25) is 4.79 Å². The first-order chi connectivity index (χ1) is 13.3. The molecule has 0 aromatic rings. The molecule has 2 N–H and O–H groups in total.